The summed E-state index contributed by atoms with van der Waals surface area (Å²) in [6.07, 6.45) is 0. The molecular weight excluding hydrogens is 752 g/mol. The van der Waals surface area contributed by atoms with Crippen LogP contribution in [0.5, 0.6) is 0 Å². The summed E-state index contributed by atoms with van der Waals surface area (Å²) >= 11 is 0. The molecule has 0 bridgehead atoms. The molecule has 2 nitrogen and oxygen atoms in total. The highest BCUT2D eigenvalue weighted by Crippen LogP contribution is 2.42. The molecule has 0 fully saturated rings. The van der Waals surface area contributed by atoms with Gasteiger partial charge < -0.3 is 9.13 Å². The van der Waals surface area contributed by atoms with Crippen LogP contribution in [0.4, 0.5) is 0 Å². The lowest BCUT2D eigenvalue weighted by atomic mass is 9.64. The number of hydrogen-bond acceptors (Lipinski definition) is 0. The standard InChI is InChI=1S/C54H29B7N2/c55-46-42(47(56)51(60)53-44(46)45-48(57)49(58)50(59)52(61)54(45)62(53)35-21-12-20-33(28-35)30-14-4-1-5-15-30)34-26-27-40-38(29-34)43-37(32-18-8-3-9-19-32)23-13-25-41(43)63(40)39-24-11-10-22-36(39)31-16-6-2-7-17-31/h1-29H. The van der Waals surface area contributed by atoms with E-state index in [0.717, 1.165) is 72.1 Å². The average Bonchev–Trinajstić information content (AvgIpc) is 3.87. The molecule has 0 aliphatic carbocycles. The average molecular weight is 782 g/mol. The van der Waals surface area contributed by atoms with E-state index in [1.165, 1.54) is 0 Å². The molecule has 9 heteroatoms. The van der Waals surface area contributed by atoms with E-state index < -0.39 is 0 Å². The van der Waals surface area contributed by atoms with Gasteiger partial charge in [-0.3, -0.25) is 0 Å². The van der Waals surface area contributed by atoms with E-state index in [9.17, 15) is 0 Å². The molecule has 0 saturated heterocycles. The summed E-state index contributed by atoms with van der Waals surface area (Å²) in [6.45, 7) is 0. The Hall–Kier alpha value is -6.97. The molecule has 0 unspecified atom stereocenters. The summed E-state index contributed by atoms with van der Waals surface area (Å²) in [5.74, 6) is 0. The van der Waals surface area contributed by atoms with Crippen LogP contribution in [0, 0.1) is 0 Å². The summed E-state index contributed by atoms with van der Waals surface area (Å²) in [5, 5.41) is 3.23. The monoisotopic (exact) mass is 782 g/mol. The SMILES string of the molecule is [B]c1c([B])c([B])c2c(c1[B])c1c([B])c(-c3ccc4c(c3)c3c(-c5ccccc5)cccc3n4-c3ccccc3-c3ccccc3)c([B])c([B])c1n2-c1cccc(-c2ccccc2)c1. The van der Waals surface area contributed by atoms with Crippen molar-refractivity contribution in [1.82, 2.24) is 9.13 Å². The third-order valence-corrected chi connectivity index (χ3v) is 12.5. The fourth-order valence-corrected chi connectivity index (χ4v) is 9.59. The normalized spacial score (nSPS) is 11.6. The smallest absolute Gasteiger partial charge is 0.115 e. The van der Waals surface area contributed by atoms with E-state index in [-0.39, 0.29) is 21.9 Å². The van der Waals surface area contributed by atoms with Crippen LogP contribution >= 0.6 is 0 Å². The first-order chi connectivity index (χ1) is 30.7. The van der Waals surface area contributed by atoms with E-state index in [2.05, 4.69) is 138 Å². The van der Waals surface area contributed by atoms with Crippen LogP contribution in [0.25, 0.3) is 99.5 Å². The molecule has 276 valence electrons. The highest BCUT2D eigenvalue weighted by Gasteiger charge is 2.25. The van der Waals surface area contributed by atoms with Gasteiger partial charge in [-0.05, 0) is 80.7 Å². The molecule has 63 heavy (non-hydrogen) atoms. The van der Waals surface area contributed by atoms with Gasteiger partial charge in [0.15, 0.2) is 0 Å². The summed E-state index contributed by atoms with van der Waals surface area (Å²) in [6, 6.07) is 60.5. The summed E-state index contributed by atoms with van der Waals surface area (Å²) in [4.78, 5) is 0. The Morgan fingerprint density at radius 1 is 0.302 bits per heavy atom. The van der Waals surface area contributed by atoms with Gasteiger partial charge in [0.05, 0.1) is 16.7 Å². The lowest BCUT2D eigenvalue weighted by Crippen LogP contribution is -2.48. The lowest BCUT2D eigenvalue weighted by Gasteiger charge is -2.20. The van der Waals surface area contributed by atoms with Crippen molar-refractivity contribution >= 4 is 137 Å². The number of para-hydroxylation sites is 1. The van der Waals surface area contributed by atoms with Gasteiger partial charge in [0, 0.05) is 38.4 Å². The second-order valence-electron chi connectivity index (χ2n) is 16.0. The summed E-state index contributed by atoms with van der Waals surface area (Å²) < 4.78 is 4.30. The van der Waals surface area contributed by atoms with Crippen molar-refractivity contribution in [3.05, 3.63) is 176 Å². The van der Waals surface area contributed by atoms with E-state index in [0.29, 0.717) is 43.8 Å². The minimum absolute atomic E-state index is 0.173. The molecule has 0 spiro atoms. The fourth-order valence-electron chi connectivity index (χ4n) is 9.59. The Labute approximate surface area is 375 Å². The van der Waals surface area contributed by atoms with Crippen LogP contribution in [0.1, 0.15) is 0 Å². The van der Waals surface area contributed by atoms with Crippen molar-refractivity contribution in [3.63, 3.8) is 0 Å². The van der Waals surface area contributed by atoms with Crippen molar-refractivity contribution in [2.45, 2.75) is 0 Å². The molecule has 0 aliphatic rings. The maximum Gasteiger partial charge on any atom is 0.115 e. The van der Waals surface area contributed by atoms with Crippen molar-refractivity contribution in [3.8, 4) is 55.9 Å². The zero-order chi connectivity index (χ0) is 43.1. The number of fused-ring (bicyclic) bond motifs is 6. The minimum atomic E-state index is 0.173. The number of nitrogens with zero attached hydrogens (tertiary/aromatic N) is 2. The maximum atomic E-state index is 7.44. The van der Waals surface area contributed by atoms with Crippen LogP contribution in [0.2, 0.25) is 0 Å². The molecule has 9 aromatic carbocycles. The first-order valence-corrected chi connectivity index (χ1v) is 20.7. The van der Waals surface area contributed by atoms with Gasteiger partial charge in [-0.15, -0.1) is 10.9 Å². The molecule has 2 heterocycles. The maximum absolute atomic E-state index is 7.44. The number of hydrogen-bond donors (Lipinski definition) is 0. The topological polar surface area (TPSA) is 9.86 Å². The van der Waals surface area contributed by atoms with Gasteiger partial charge >= 0.3 is 0 Å². The Balaban J connectivity index is 1.23. The zero-order valence-corrected chi connectivity index (χ0v) is 34.2. The van der Waals surface area contributed by atoms with Gasteiger partial charge in [0.2, 0.25) is 0 Å². The second kappa shape index (κ2) is 15.1. The summed E-state index contributed by atoms with van der Waals surface area (Å²) in [7, 11) is 48.9. The molecule has 14 radical (unpaired) electrons. The second-order valence-corrected chi connectivity index (χ2v) is 16.0. The van der Waals surface area contributed by atoms with Crippen LogP contribution in [0.3, 0.4) is 0 Å². The van der Waals surface area contributed by atoms with Gasteiger partial charge in [-0.1, -0.05) is 167 Å². The Bertz CT molecular complexity index is 3630. The molecule has 2 aromatic heterocycles. The van der Waals surface area contributed by atoms with Crippen molar-refractivity contribution < 1.29 is 0 Å². The fraction of sp³-hybridized carbons (Fsp3) is 0. The number of rotatable bonds is 6. The largest absolute Gasteiger partial charge is 0.311 e. The van der Waals surface area contributed by atoms with Gasteiger partial charge in [0.25, 0.3) is 0 Å². The van der Waals surface area contributed by atoms with Crippen LogP contribution in [0.15, 0.2) is 176 Å². The Morgan fingerprint density at radius 2 is 0.841 bits per heavy atom. The molecule has 0 saturated carbocycles. The highest BCUT2D eigenvalue weighted by atomic mass is 15.0. The van der Waals surface area contributed by atoms with Crippen molar-refractivity contribution in [1.29, 1.82) is 0 Å². The molecule has 0 amide bonds. The van der Waals surface area contributed by atoms with E-state index in [4.69, 9.17) is 54.9 Å². The van der Waals surface area contributed by atoms with E-state index >= 15 is 0 Å². The molecule has 0 atom stereocenters. The van der Waals surface area contributed by atoms with E-state index in [1.54, 1.807) is 0 Å². The first-order valence-electron chi connectivity index (χ1n) is 20.7. The number of aromatic nitrogens is 2. The van der Waals surface area contributed by atoms with Crippen molar-refractivity contribution in [2.24, 2.45) is 0 Å². The third-order valence-electron chi connectivity index (χ3n) is 12.5. The minimum Gasteiger partial charge on any atom is -0.311 e. The van der Waals surface area contributed by atoms with Gasteiger partial charge in [-0.2, -0.15) is 0 Å². The van der Waals surface area contributed by atoms with Crippen LogP contribution < -0.4 is 38.2 Å². The predicted octanol–water partition coefficient (Wildman–Crippen LogP) is 6.11. The molecular formula is C54H29B7N2. The zero-order valence-electron chi connectivity index (χ0n) is 34.2. The van der Waals surface area contributed by atoms with Crippen LogP contribution in [-0.2, 0) is 0 Å². The predicted molar refractivity (Wildman–Crippen MR) is 275 cm³/mol. The quantitative estimate of drug-likeness (QED) is 0.181. The molecule has 0 aliphatic heterocycles. The Morgan fingerprint density at radius 3 is 1.54 bits per heavy atom. The van der Waals surface area contributed by atoms with Crippen LogP contribution in [-0.4, -0.2) is 64.1 Å². The molecule has 11 aromatic rings. The highest BCUT2D eigenvalue weighted by molar-refractivity contribution is 6.69. The molecule has 0 N–H and O–H groups in total. The third kappa shape index (κ3) is 5.97. The van der Waals surface area contributed by atoms with Crippen molar-refractivity contribution in [2.75, 3.05) is 0 Å². The number of benzene rings is 9. The van der Waals surface area contributed by atoms with E-state index in [1.807, 2.05) is 47.0 Å². The Kier molecular flexibility index (Phi) is 9.35. The molecule has 11 rings (SSSR count). The van der Waals surface area contributed by atoms with Gasteiger partial charge in [0.1, 0.15) is 54.9 Å². The lowest BCUT2D eigenvalue weighted by molar-refractivity contribution is 1.18. The summed E-state index contributed by atoms with van der Waals surface area (Å²) in [5.41, 5.74) is 14.7. The first kappa shape index (κ1) is 38.9. The van der Waals surface area contributed by atoms with Gasteiger partial charge in [-0.25, -0.2) is 0 Å².